The van der Waals surface area contributed by atoms with Crippen molar-refractivity contribution in [1.29, 1.82) is 0 Å². The minimum absolute atomic E-state index is 0.0647. The van der Waals surface area contributed by atoms with Gasteiger partial charge in [0.15, 0.2) is 5.78 Å². The Hall–Kier alpha value is -4.50. The Bertz CT molecular complexity index is 1440. The zero-order valence-corrected chi connectivity index (χ0v) is 23.7. The number of hydrogen-bond donors (Lipinski definition) is 2. The molecule has 2 aliphatic rings. The maximum absolute atomic E-state index is 13.9. The van der Waals surface area contributed by atoms with E-state index in [9.17, 15) is 19.2 Å². The molecule has 0 bridgehead atoms. The van der Waals surface area contributed by atoms with Gasteiger partial charge in [0, 0.05) is 13.0 Å². The lowest BCUT2D eigenvalue weighted by Gasteiger charge is -2.38. The number of nitrogens with zero attached hydrogens (tertiary/aromatic N) is 1. The van der Waals surface area contributed by atoms with Crippen LogP contribution in [0.15, 0.2) is 84.9 Å². The fraction of sp³-hybridized carbons (Fsp3) is 0.333. The van der Waals surface area contributed by atoms with Crippen LogP contribution in [0.1, 0.15) is 36.1 Å². The zero-order valence-electron chi connectivity index (χ0n) is 23.7. The minimum atomic E-state index is -0.950. The highest BCUT2D eigenvalue weighted by molar-refractivity contribution is 5.98. The van der Waals surface area contributed by atoms with Crippen LogP contribution in [0.3, 0.4) is 0 Å². The van der Waals surface area contributed by atoms with Gasteiger partial charge in [-0.15, -0.1) is 0 Å². The van der Waals surface area contributed by atoms with Gasteiger partial charge in [0.2, 0.25) is 11.8 Å². The molecule has 0 unspecified atom stereocenters. The van der Waals surface area contributed by atoms with Gasteiger partial charge in [-0.2, -0.15) is 0 Å². The second-order valence-corrected chi connectivity index (χ2v) is 11.0. The van der Waals surface area contributed by atoms with Gasteiger partial charge in [-0.3, -0.25) is 14.4 Å². The first kappa shape index (κ1) is 29.0. The Kier molecular flexibility index (Phi) is 8.68. The van der Waals surface area contributed by atoms with E-state index in [-0.39, 0.29) is 25.4 Å². The van der Waals surface area contributed by atoms with E-state index in [1.165, 1.54) is 4.90 Å². The summed E-state index contributed by atoms with van der Waals surface area (Å²) in [6.07, 6.45) is -0.157. The molecular weight excluding hydrogens is 534 g/mol. The number of benzene rings is 3. The third kappa shape index (κ3) is 6.86. The SMILES string of the molecule is C[C@H](NC(=O)OCc1ccccc1)C(=O)N1Cc2ccccc2C[C@@H]1C(=O)N[C@@H](Cc1ccccc1)C(=O)[C@@]1(C)CO1. The molecule has 2 heterocycles. The number of rotatable bonds is 10. The van der Waals surface area contributed by atoms with Crippen LogP contribution in [0.25, 0.3) is 0 Å². The molecule has 9 nitrogen and oxygen atoms in total. The highest BCUT2D eigenvalue weighted by Gasteiger charge is 2.50. The maximum atomic E-state index is 13.9. The summed E-state index contributed by atoms with van der Waals surface area (Å²) in [5, 5.41) is 5.54. The lowest BCUT2D eigenvalue weighted by Crippen LogP contribution is -2.59. The molecule has 218 valence electrons. The number of Topliss-reactive ketones (excluding diaryl/α,β-unsaturated/α-hetero) is 1. The van der Waals surface area contributed by atoms with Crippen LogP contribution in [0, 0.1) is 0 Å². The normalized spacial score (nSPS) is 20.4. The summed E-state index contributed by atoms with van der Waals surface area (Å²) in [5.41, 5.74) is 2.66. The molecule has 3 aromatic carbocycles. The molecule has 1 saturated heterocycles. The Morgan fingerprint density at radius 2 is 1.50 bits per heavy atom. The molecule has 2 aliphatic heterocycles. The Balaban J connectivity index is 1.31. The molecule has 0 aromatic heterocycles. The number of ketones is 1. The number of carbonyl (C=O) groups excluding carboxylic acids is 4. The molecule has 9 heteroatoms. The van der Waals surface area contributed by atoms with Gasteiger partial charge in [-0.1, -0.05) is 84.9 Å². The number of fused-ring (bicyclic) bond motifs is 1. The molecule has 0 aliphatic carbocycles. The average molecular weight is 570 g/mol. The number of epoxide rings is 1. The van der Waals surface area contributed by atoms with E-state index in [4.69, 9.17) is 9.47 Å². The number of amides is 3. The van der Waals surface area contributed by atoms with Gasteiger partial charge >= 0.3 is 6.09 Å². The molecular formula is C33H35N3O6. The van der Waals surface area contributed by atoms with Crippen molar-refractivity contribution >= 4 is 23.7 Å². The summed E-state index contributed by atoms with van der Waals surface area (Å²) in [6.45, 7) is 3.84. The molecule has 3 aromatic rings. The molecule has 42 heavy (non-hydrogen) atoms. The lowest BCUT2D eigenvalue weighted by atomic mass is 9.91. The van der Waals surface area contributed by atoms with Crippen molar-refractivity contribution in [1.82, 2.24) is 15.5 Å². The minimum Gasteiger partial charge on any atom is -0.445 e. The number of alkyl carbamates (subject to hydrolysis) is 1. The second-order valence-electron chi connectivity index (χ2n) is 11.0. The number of hydrogen-bond acceptors (Lipinski definition) is 6. The molecule has 1 fully saturated rings. The van der Waals surface area contributed by atoms with Crippen molar-refractivity contribution in [2.45, 2.75) is 63.6 Å². The lowest BCUT2D eigenvalue weighted by molar-refractivity contribution is -0.144. The molecule has 0 radical (unpaired) electrons. The zero-order chi connectivity index (χ0) is 29.7. The molecule has 5 rings (SSSR count). The topological polar surface area (TPSA) is 117 Å². The van der Waals surface area contributed by atoms with Crippen LogP contribution in [0.4, 0.5) is 4.79 Å². The van der Waals surface area contributed by atoms with E-state index in [0.29, 0.717) is 13.0 Å². The van der Waals surface area contributed by atoms with Crippen molar-refractivity contribution in [2.75, 3.05) is 6.61 Å². The van der Waals surface area contributed by atoms with Gasteiger partial charge < -0.3 is 25.0 Å². The molecule has 4 atom stereocenters. The van der Waals surface area contributed by atoms with Crippen molar-refractivity contribution in [3.8, 4) is 0 Å². The average Bonchev–Trinajstić information content (AvgIpc) is 3.77. The van der Waals surface area contributed by atoms with E-state index >= 15 is 0 Å². The first-order chi connectivity index (χ1) is 20.2. The van der Waals surface area contributed by atoms with E-state index in [1.54, 1.807) is 13.8 Å². The quantitative estimate of drug-likeness (QED) is 0.362. The smallest absolute Gasteiger partial charge is 0.408 e. The fourth-order valence-electron chi connectivity index (χ4n) is 5.19. The van der Waals surface area contributed by atoms with E-state index < -0.39 is 41.6 Å². The summed E-state index contributed by atoms with van der Waals surface area (Å²) in [5.74, 6) is -1.06. The van der Waals surface area contributed by atoms with Gasteiger partial charge in [-0.05, 0) is 42.5 Å². The van der Waals surface area contributed by atoms with Gasteiger partial charge in [-0.25, -0.2) is 4.79 Å². The van der Waals surface area contributed by atoms with E-state index in [1.807, 2.05) is 84.9 Å². The van der Waals surface area contributed by atoms with Crippen molar-refractivity contribution in [3.05, 3.63) is 107 Å². The fourth-order valence-corrected chi connectivity index (χ4v) is 5.19. The van der Waals surface area contributed by atoms with Crippen LogP contribution in [-0.2, 0) is 49.9 Å². The molecule has 0 spiro atoms. The summed E-state index contributed by atoms with van der Waals surface area (Å²) in [4.78, 5) is 54.9. The number of nitrogens with one attached hydrogen (secondary N) is 2. The maximum Gasteiger partial charge on any atom is 0.408 e. The van der Waals surface area contributed by atoms with Gasteiger partial charge in [0.05, 0.1) is 12.6 Å². The van der Waals surface area contributed by atoms with E-state index in [0.717, 1.165) is 22.3 Å². The highest BCUT2D eigenvalue weighted by atomic mass is 16.6. The van der Waals surface area contributed by atoms with Crippen LogP contribution in [-0.4, -0.2) is 58.9 Å². The summed E-state index contributed by atoms with van der Waals surface area (Å²) < 4.78 is 10.7. The van der Waals surface area contributed by atoms with Crippen LogP contribution < -0.4 is 10.6 Å². The third-order valence-electron chi connectivity index (χ3n) is 7.77. The first-order valence-corrected chi connectivity index (χ1v) is 14.1. The predicted molar refractivity (Wildman–Crippen MR) is 155 cm³/mol. The van der Waals surface area contributed by atoms with Crippen LogP contribution in [0.2, 0.25) is 0 Å². The Morgan fingerprint density at radius 1 is 0.905 bits per heavy atom. The third-order valence-corrected chi connectivity index (χ3v) is 7.77. The van der Waals surface area contributed by atoms with Crippen LogP contribution >= 0.6 is 0 Å². The van der Waals surface area contributed by atoms with Crippen molar-refractivity contribution in [2.24, 2.45) is 0 Å². The van der Waals surface area contributed by atoms with Gasteiger partial charge in [0.1, 0.15) is 24.3 Å². The van der Waals surface area contributed by atoms with E-state index in [2.05, 4.69) is 10.6 Å². The second kappa shape index (κ2) is 12.6. The molecule has 2 N–H and O–H groups in total. The summed E-state index contributed by atoms with van der Waals surface area (Å²) in [7, 11) is 0. The standard InChI is InChI=1S/C33H35N3O6/c1-22(34-32(40)41-20-24-13-7-4-8-14-24)31(39)36-19-26-16-10-9-15-25(26)18-28(36)30(38)35-27(29(37)33(2)21-42-33)17-23-11-5-3-6-12-23/h3-16,22,27-28H,17-21H2,1-2H3,(H,34,40)(H,35,38)/t22-,27-,28+,33+/m0/s1. The van der Waals surface area contributed by atoms with Crippen molar-refractivity contribution < 1.29 is 28.7 Å². The summed E-state index contributed by atoms with van der Waals surface area (Å²) >= 11 is 0. The van der Waals surface area contributed by atoms with Crippen molar-refractivity contribution in [3.63, 3.8) is 0 Å². The first-order valence-electron chi connectivity index (χ1n) is 14.1. The predicted octanol–water partition coefficient (Wildman–Crippen LogP) is 3.34. The monoisotopic (exact) mass is 569 g/mol. The Labute approximate surface area is 245 Å². The van der Waals surface area contributed by atoms with Gasteiger partial charge in [0.25, 0.3) is 0 Å². The Morgan fingerprint density at radius 3 is 2.14 bits per heavy atom. The molecule has 3 amide bonds. The number of ether oxygens (including phenoxy) is 2. The number of carbonyl (C=O) groups is 4. The summed E-state index contributed by atoms with van der Waals surface area (Å²) in [6, 6.07) is 23.7. The molecule has 0 saturated carbocycles. The highest BCUT2D eigenvalue weighted by Crippen LogP contribution is 2.30. The van der Waals surface area contributed by atoms with Crippen LogP contribution in [0.5, 0.6) is 0 Å². The largest absolute Gasteiger partial charge is 0.445 e.